The molecule has 2 aromatic heterocycles. The molecule has 1 aliphatic rings. The van der Waals surface area contributed by atoms with Gasteiger partial charge in [-0.05, 0) is 48.0 Å². The Kier molecular flexibility index (Phi) is 5.65. The Morgan fingerprint density at radius 2 is 1.83 bits per heavy atom. The lowest BCUT2D eigenvalue weighted by Gasteiger charge is -2.36. The van der Waals surface area contributed by atoms with E-state index in [0.29, 0.717) is 38.4 Å². The van der Waals surface area contributed by atoms with Crippen molar-refractivity contribution >= 4 is 17.3 Å². The quantitative estimate of drug-likeness (QED) is 0.724. The fraction of sp³-hybridized carbons (Fsp3) is 0.227. The van der Waals surface area contributed by atoms with Crippen LogP contribution in [-0.4, -0.2) is 47.0 Å². The molecule has 1 aromatic carbocycles. The Morgan fingerprint density at radius 1 is 1.03 bits per heavy atom. The van der Waals surface area contributed by atoms with Gasteiger partial charge in [0, 0.05) is 62.7 Å². The molecule has 148 valence electrons. The van der Waals surface area contributed by atoms with Gasteiger partial charge < -0.3 is 15.1 Å². The third-order valence-electron chi connectivity index (χ3n) is 4.96. The van der Waals surface area contributed by atoms with E-state index in [4.69, 9.17) is 0 Å². The average molecular weight is 391 g/mol. The van der Waals surface area contributed by atoms with Crippen molar-refractivity contribution in [3.63, 3.8) is 0 Å². The zero-order valence-electron chi connectivity index (χ0n) is 16.0. The lowest BCUT2D eigenvalue weighted by atomic mass is 10.2. The summed E-state index contributed by atoms with van der Waals surface area (Å²) in [4.78, 5) is 25.2. The molecule has 1 aliphatic heterocycles. The molecule has 0 radical (unpaired) electrons. The molecule has 0 spiro atoms. The van der Waals surface area contributed by atoms with E-state index in [-0.39, 0.29) is 11.7 Å². The van der Waals surface area contributed by atoms with Gasteiger partial charge in [0.05, 0.1) is 0 Å². The SMILES string of the molecule is O=C(c1cc(NCc2cccnc2)ccn1)N1CCN(c2ccc(F)cc2)CC1. The van der Waals surface area contributed by atoms with E-state index < -0.39 is 0 Å². The number of rotatable bonds is 5. The summed E-state index contributed by atoms with van der Waals surface area (Å²) in [6.07, 6.45) is 5.19. The first-order valence-electron chi connectivity index (χ1n) is 9.58. The number of benzene rings is 1. The van der Waals surface area contributed by atoms with Crippen LogP contribution in [0.15, 0.2) is 67.1 Å². The summed E-state index contributed by atoms with van der Waals surface area (Å²) < 4.78 is 13.1. The maximum atomic E-state index is 13.1. The Balaban J connectivity index is 1.35. The van der Waals surface area contributed by atoms with Crippen molar-refractivity contribution in [2.75, 3.05) is 36.4 Å². The molecule has 29 heavy (non-hydrogen) atoms. The monoisotopic (exact) mass is 391 g/mol. The van der Waals surface area contributed by atoms with Gasteiger partial charge in [0.2, 0.25) is 0 Å². The highest BCUT2D eigenvalue weighted by Crippen LogP contribution is 2.18. The number of hydrogen-bond acceptors (Lipinski definition) is 5. The lowest BCUT2D eigenvalue weighted by Crippen LogP contribution is -2.49. The minimum absolute atomic E-state index is 0.0752. The van der Waals surface area contributed by atoms with Crippen LogP contribution in [0.2, 0.25) is 0 Å². The summed E-state index contributed by atoms with van der Waals surface area (Å²) >= 11 is 0. The van der Waals surface area contributed by atoms with Crippen molar-refractivity contribution < 1.29 is 9.18 Å². The molecular formula is C22H22FN5O. The predicted molar refractivity (Wildman–Crippen MR) is 110 cm³/mol. The molecular weight excluding hydrogens is 369 g/mol. The second-order valence-corrected chi connectivity index (χ2v) is 6.90. The standard InChI is InChI=1S/C22H22FN5O/c23-18-3-5-20(6-4-18)27-10-12-28(13-11-27)22(29)21-14-19(7-9-25-21)26-16-17-2-1-8-24-15-17/h1-9,14-15H,10-13,16H2,(H,25,26). The highest BCUT2D eigenvalue weighted by atomic mass is 19.1. The van der Waals surface area contributed by atoms with Crippen LogP contribution in [0.1, 0.15) is 16.1 Å². The molecule has 0 unspecified atom stereocenters. The van der Waals surface area contributed by atoms with Crippen LogP contribution >= 0.6 is 0 Å². The third kappa shape index (κ3) is 4.68. The summed E-state index contributed by atoms with van der Waals surface area (Å²) in [5, 5.41) is 3.30. The van der Waals surface area contributed by atoms with E-state index in [1.807, 2.05) is 23.1 Å². The van der Waals surface area contributed by atoms with Crippen LogP contribution in [0.3, 0.4) is 0 Å². The van der Waals surface area contributed by atoms with Gasteiger partial charge in [0.25, 0.3) is 5.91 Å². The molecule has 7 heteroatoms. The smallest absolute Gasteiger partial charge is 0.272 e. The van der Waals surface area contributed by atoms with Crippen LogP contribution in [0.5, 0.6) is 0 Å². The van der Waals surface area contributed by atoms with Gasteiger partial charge in [0.1, 0.15) is 11.5 Å². The van der Waals surface area contributed by atoms with E-state index in [1.165, 1.54) is 12.1 Å². The summed E-state index contributed by atoms with van der Waals surface area (Å²) in [6, 6.07) is 14.0. The second kappa shape index (κ2) is 8.68. The van der Waals surface area contributed by atoms with Crippen molar-refractivity contribution in [3.05, 3.63) is 84.2 Å². The molecule has 1 amide bonds. The zero-order chi connectivity index (χ0) is 20.1. The van der Waals surface area contributed by atoms with Crippen LogP contribution in [0.25, 0.3) is 0 Å². The number of carbonyl (C=O) groups is 1. The first-order valence-corrected chi connectivity index (χ1v) is 9.58. The highest BCUT2D eigenvalue weighted by molar-refractivity contribution is 5.93. The van der Waals surface area contributed by atoms with Crippen LogP contribution in [-0.2, 0) is 6.54 Å². The van der Waals surface area contributed by atoms with E-state index in [9.17, 15) is 9.18 Å². The highest BCUT2D eigenvalue weighted by Gasteiger charge is 2.23. The molecule has 3 heterocycles. The predicted octanol–water partition coefficient (Wildman–Crippen LogP) is 3.19. The largest absolute Gasteiger partial charge is 0.381 e. The van der Waals surface area contributed by atoms with Gasteiger partial charge in [-0.1, -0.05) is 6.07 Å². The number of aromatic nitrogens is 2. The Labute approximate surface area is 169 Å². The molecule has 4 rings (SSSR count). The minimum Gasteiger partial charge on any atom is -0.381 e. The van der Waals surface area contributed by atoms with Crippen molar-refractivity contribution in [2.45, 2.75) is 6.54 Å². The van der Waals surface area contributed by atoms with Gasteiger partial charge in [-0.2, -0.15) is 0 Å². The number of anilines is 2. The van der Waals surface area contributed by atoms with Crippen LogP contribution in [0.4, 0.5) is 15.8 Å². The van der Waals surface area contributed by atoms with Gasteiger partial charge >= 0.3 is 0 Å². The van der Waals surface area contributed by atoms with Crippen molar-refractivity contribution in [1.29, 1.82) is 0 Å². The van der Waals surface area contributed by atoms with Crippen molar-refractivity contribution in [3.8, 4) is 0 Å². The molecule has 1 N–H and O–H groups in total. The van der Waals surface area contributed by atoms with Gasteiger partial charge in [-0.3, -0.25) is 14.8 Å². The Morgan fingerprint density at radius 3 is 2.55 bits per heavy atom. The van der Waals surface area contributed by atoms with Gasteiger partial charge in [0.15, 0.2) is 0 Å². The average Bonchev–Trinajstić information content (AvgIpc) is 2.79. The fourth-order valence-corrected chi connectivity index (χ4v) is 3.35. The number of piperazine rings is 1. The normalized spacial score (nSPS) is 14.0. The Hall–Kier alpha value is -3.48. The maximum absolute atomic E-state index is 13.1. The molecule has 0 aliphatic carbocycles. The van der Waals surface area contributed by atoms with E-state index in [2.05, 4.69) is 20.2 Å². The van der Waals surface area contributed by atoms with Crippen LogP contribution < -0.4 is 10.2 Å². The van der Waals surface area contributed by atoms with Crippen LogP contribution in [0, 0.1) is 5.82 Å². The first-order chi connectivity index (χ1) is 14.2. The molecule has 0 saturated carbocycles. The molecule has 0 atom stereocenters. The molecule has 6 nitrogen and oxygen atoms in total. The number of nitrogens with zero attached hydrogens (tertiary/aromatic N) is 4. The summed E-state index contributed by atoms with van der Waals surface area (Å²) in [5.74, 6) is -0.320. The number of hydrogen-bond donors (Lipinski definition) is 1. The number of nitrogens with one attached hydrogen (secondary N) is 1. The zero-order valence-corrected chi connectivity index (χ0v) is 16.0. The minimum atomic E-state index is -0.245. The summed E-state index contributed by atoms with van der Waals surface area (Å²) in [5.41, 5.74) is 3.31. The first kappa shape index (κ1) is 18.9. The number of amides is 1. The summed E-state index contributed by atoms with van der Waals surface area (Å²) in [7, 11) is 0. The van der Waals surface area contributed by atoms with E-state index >= 15 is 0 Å². The van der Waals surface area contributed by atoms with Gasteiger partial charge in [-0.15, -0.1) is 0 Å². The van der Waals surface area contributed by atoms with Crippen molar-refractivity contribution in [2.24, 2.45) is 0 Å². The molecule has 0 bridgehead atoms. The molecule has 1 saturated heterocycles. The lowest BCUT2D eigenvalue weighted by molar-refractivity contribution is 0.0741. The number of carbonyl (C=O) groups excluding carboxylic acids is 1. The number of halogens is 1. The third-order valence-corrected chi connectivity index (χ3v) is 4.96. The van der Waals surface area contributed by atoms with Gasteiger partial charge in [-0.25, -0.2) is 4.39 Å². The molecule has 1 fully saturated rings. The maximum Gasteiger partial charge on any atom is 0.272 e. The summed E-state index contributed by atoms with van der Waals surface area (Å²) in [6.45, 7) is 3.24. The molecule has 3 aromatic rings. The van der Waals surface area contributed by atoms with E-state index in [0.717, 1.165) is 16.9 Å². The Bertz CT molecular complexity index is 956. The van der Waals surface area contributed by atoms with Crippen molar-refractivity contribution in [1.82, 2.24) is 14.9 Å². The van der Waals surface area contributed by atoms with E-state index in [1.54, 1.807) is 36.8 Å². The fourth-order valence-electron chi connectivity index (χ4n) is 3.35. The topological polar surface area (TPSA) is 61.4 Å². The number of pyridine rings is 2. The second-order valence-electron chi connectivity index (χ2n) is 6.90.